The molecule has 1 aromatic heterocycles. The van der Waals surface area contributed by atoms with Crippen LogP contribution in [0, 0.1) is 0 Å². The largest absolute Gasteiger partial charge is 0.444 e. The van der Waals surface area contributed by atoms with Gasteiger partial charge in [-0.2, -0.15) is 0 Å². The Bertz CT molecular complexity index is 343. The van der Waals surface area contributed by atoms with Gasteiger partial charge in [-0.05, 0) is 27.2 Å². The highest BCUT2D eigenvalue weighted by Crippen LogP contribution is 2.13. The minimum Gasteiger partial charge on any atom is -0.444 e. The second-order valence-electron chi connectivity index (χ2n) is 4.66. The number of carbonyl (C=O) groups excluding carboxylic acids is 1. The van der Waals surface area contributed by atoms with E-state index < -0.39 is 17.8 Å². The number of aliphatic hydroxyl groups excluding tert-OH is 1. The van der Waals surface area contributed by atoms with E-state index in [0.29, 0.717) is 18.7 Å². The Labute approximate surface area is 99.9 Å². The van der Waals surface area contributed by atoms with Gasteiger partial charge >= 0.3 is 6.09 Å². The molecule has 1 amide bonds. The van der Waals surface area contributed by atoms with Crippen LogP contribution < -0.4 is 5.32 Å². The summed E-state index contributed by atoms with van der Waals surface area (Å²) in [4.78, 5) is 11.3. The van der Waals surface area contributed by atoms with E-state index in [0.717, 1.165) is 0 Å². The molecule has 17 heavy (non-hydrogen) atoms. The molecule has 0 saturated carbocycles. The van der Waals surface area contributed by atoms with Crippen molar-refractivity contribution < 1.29 is 19.2 Å². The average Bonchev–Trinajstić information content (AvgIpc) is 2.66. The van der Waals surface area contributed by atoms with Crippen LogP contribution in [0.3, 0.4) is 0 Å². The number of rotatable bonds is 4. The van der Waals surface area contributed by atoms with E-state index >= 15 is 0 Å². The summed E-state index contributed by atoms with van der Waals surface area (Å²) in [6.45, 7) is 5.67. The molecule has 0 aliphatic rings. The number of nitrogens with zero attached hydrogens (tertiary/aromatic N) is 1. The first kappa shape index (κ1) is 13.5. The lowest BCUT2D eigenvalue weighted by atomic mass is 10.2. The third kappa shape index (κ3) is 5.35. The summed E-state index contributed by atoms with van der Waals surface area (Å²) in [5.41, 5.74) is -0.0644. The molecule has 1 rings (SSSR count). The van der Waals surface area contributed by atoms with Crippen LogP contribution in [0.1, 0.15) is 39.0 Å². The normalized spacial score (nSPS) is 13.2. The molecule has 6 heteroatoms. The minimum atomic E-state index is -0.747. The fraction of sp³-hybridized carbons (Fsp3) is 0.636. The summed E-state index contributed by atoms with van der Waals surface area (Å²) in [6, 6.07) is 1.58. The summed E-state index contributed by atoms with van der Waals surface area (Å²) in [5.74, 6) is 0. The van der Waals surface area contributed by atoms with E-state index in [4.69, 9.17) is 4.74 Å². The first-order valence-electron chi connectivity index (χ1n) is 5.43. The van der Waals surface area contributed by atoms with Gasteiger partial charge in [-0.25, -0.2) is 4.79 Å². The van der Waals surface area contributed by atoms with Crippen LogP contribution in [0.5, 0.6) is 0 Å². The number of aromatic nitrogens is 1. The van der Waals surface area contributed by atoms with Crippen molar-refractivity contribution in [1.29, 1.82) is 0 Å². The van der Waals surface area contributed by atoms with Gasteiger partial charge < -0.3 is 19.7 Å². The number of amides is 1. The van der Waals surface area contributed by atoms with Crippen LogP contribution in [0.4, 0.5) is 4.79 Å². The van der Waals surface area contributed by atoms with Gasteiger partial charge in [-0.1, -0.05) is 5.16 Å². The Hall–Kier alpha value is -1.56. The second-order valence-corrected chi connectivity index (χ2v) is 4.66. The van der Waals surface area contributed by atoms with Crippen LogP contribution >= 0.6 is 0 Å². The Morgan fingerprint density at radius 3 is 2.88 bits per heavy atom. The van der Waals surface area contributed by atoms with E-state index in [9.17, 15) is 9.90 Å². The topological polar surface area (TPSA) is 84.6 Å². The van der Waals surface area contributed by atoms with Crippen molar-refractivity contribution in [2.75, 3.05) is 6.54 Å². The van der Waals surface area contributed by atoms with E-state index in [2.05, 4.69) is 15.0 Å². The molecule has 0 aliphatic carbocycles. The van der Waals surface area contributed by atoms with Gasteiger partial charge in [-0.15, -0.1) is 0 Å². The van der Waals surface area contributed by atoms with Crippen LogP contribution in [0.2, 0.25) is 0 Å². The highest BCUT2D eigenvalue weighted by atomic mass is 16.6. The molecule has 0 saturated heterocycles. The van der Waals surface area contributed by atoms with E-state index in [1.54, 1.807) is 26.8 Å². The summed E-state index contributed by atoms with van der Waals surface area (Å²) < 4.78 is 9.65. The lowest BCUT2D eigenvalue weighted by molar-refractivity contribution is 0.0517. The van der Waals surface area contributed by atoms with Gasteiger partial charge in [0.2, 0.25) is 0 Å². The van der Waals surface area contributed by atoms with Gasteiger partial charge in [0.15, 0.2) is 0 Å². The monoisotopic (exact) mass is 242 g/mol. The van der Waals surface area contributed by atoms with Crippen molar-refractivity contribution in [2.45, 2.75) is 38.9 Å². The first-order valence-corrected chi connectivity index (χ1v) is 5.43. The third-order valence-electron chi connectivity index (χ3n) is 1.89. The molecule has 6 nitrogen and oxygen atoms in total. The zero-order valence-electron chi connectivity index (χ0n) is 10.3. The molecule has 0 unspecified atom stereocenters. The maximum absolute atomic E-state index is 11.3. The molecule has 0 radical (unpaired) electrons. The Morgan fingerprint density at radius 1 is 1.65 bits per heavy atom. The molecule has 0 spiro atoms. The Balaban J connectivity index is 2.22. The van der Waals surface area contributed by atoms with Crippen LogP contribution in [-0.4, -0.2) is 28.5 Å². The third-order valence-corrected chi connectivity index (χ3v) is 1.89. The van der Waals surface area contributed by atoms with Crippen molar-refractivity contribution in [3.8, 4) is 0 Å². The fourth-order valence-corrected chi connectivity index (χ4v) is 1.17. The van der Waals surface area contributed by atoms with Gasteiger partial charge in [-0.3, -0.25) is 0 Å². The molecule has 0 aliphatic heterocycles. The number of alkyl carbamates (subject to hydrolysis) is 1. The summed E-state index contributed by atoms with van der Waals surface area (Å²) >= 11 is 0. The SMILES string of the molecule is CC(C)(C)OC(=O)NCC[C@H](O)c1ccon1. The number of nitrogens with one attached hydrogen (secondary N) is 1. The van der Waals surface area contributed by atoms with Crippen molar-refractivity contribution >= 4 is 6.09 Å². The predicted molar refractivity (Wildman–Crippen MR) is 60.3 cm³/mol. The van der Waals surface area contributed by atoms with Gasteiger partial charge in [0.05, 0.1) is 0 Å². The Kier molecular flexibility index (Phi) is 4.51. The number of aliphatic hydroxyl groups is 1. The molecule has 0 fully saturated rings. The minimum absolute atomic E-state index is 0.308. The lowest BCUT2D eigenvalue weighted by Gasteiger charge is -2.19. The van der Waals surface area contributed by atoms with Crippen LogP contribution in [-0.2, 0) is 4.74 Å². The standard InChI is InChI=1S/C11H18N2O4/c1-11(2,3)17-10(15)12-6-4-9(14)8-5-7-16-13-8/h5,7,9,14H,4,6H2,1-3H3,(H,12,15)/t9-/m0/s1. The van der Waals surface area contributed by atoms with Crippen molar-refractivity contribution in [3.63, 3.8) is 0 Å². The zero-order valence-corrected chi connectivity index (χ0v) is 10.3. The van der Waals surface area contributed by atoms with Gasteiger partial charge in [0.1, 0.15) is 23.7 Å². The summed E-state index contributed by atoms with van der Waals surface area (Å²) in [5, 5.41) is 15.8. The highest BCUT2D eigenvalue weighted by molar-refractivity contribution is 5.67. The molecule has 1 aromatic rings. The predicted octanol–water partition coefficient (Wildman–Crippen LogP) is 1.62. The highest BCUT2D eigenvalue weighted by Gasteiger charge is 2.16. The quantitative estimate of drug-likeness (QED) is 0.838. The number of hydrogen-bond donors (Lipinski definition) is 2. The summed E-state index contributed by atoms with van der Waals surface area (Å²) in [7, 11) is 0. The molecular weight excluding hydrogens is 224 g/mol. The number of carbonyl (C=O) groups is 1. The van der Waals surface area contributed by atoms with E-state index in [1.807, 2.05) is 0 Å². The van der Waals surface area contributed by atoms with Gasteiger partial charge in [0.25, 0.3) is 0 Å². The smallest absolute Gasteiger partial charge is 0.407 e. The molecule has 1 heterocycles. The van der Waals surface area contributed by atoms with Crippen LogP contribution in [0.25, 0.3) is 0 Å². The van der Waals surface area contributed by atoms with Crippen molar-refractivity contribution in [2.24, 2.45) is 0 Å². The molecule has 96 valence electrons. The second kappa shape index (κ2) is 5.67. The zero-order chi connectivity index (χ0) is 12.9. The molecule has 2 N–H and O–H groups in total. The molecule has 0 aromatic carbocycles. The van der Waals surface area contributed by atoms with Crippen molar-refractivity contribution in [3.05, 3.63) is 18.0 Å². The summed E-state index contributed by atoms with van der Waals surface area (Å²) in [6.07, 6.45) is 0.500. The van der Waals surface area contributed by atoms with Crippen LogP contribution in [0.15, 0.2) is 16.9 Å². The lowest BCUT2D eigenvalue weighted by Crippen LogP contribution is -2.33. The Morgan fingerprint density at radius 2 is 2.35 bits per heavy atom. The first-order chi connectivity index (χ1) is 7.88. The van der Waals surface area contributed by atoms with Gasteiger partial charge in [0, 0.05) is 12.6 Å². The average molecular weight is 242 g/mol. The number of ether oxygens (including phenoxy) is 1. The molecule has 0 bridgehead atoms. The molecule has 1 atom stereocenters. The number of hydrogen-bond acceptors (Lipinski definition) is 5. The van der Waals surface area contributed by atoms with E-state index in [1.165, 1.54) is 6.26 Å². The maximum atomic E-state index is 11.3. The molecular formula is C11H18N2O4. The van der Waals surface area contributed by atoms with E-state index in [-0.39, 0.29) is 0 Å². The fourth-order valence-electron chi connectivity index (χ4n) is 1.17. The van der Waals surface area contributed by atoms with Crippen molar-refractivity contribution in [1.82, 2.24) is 10.5 Å². The maximum Gasteiger partial charge on any atom is 0.407 e.